The Morgan fingerprint density at radius 3 is 2.56 bits per heavy atom. The van der Waals surface area contributed by atoms with Crippen LogP contribution >= 0.6 is 23.2 Å². The molecule has 0 radical (unpaired) electrons. The average Bonchev–Trinajstić information content (AvgIpc) is 3.07. The number of rotatable bonds is 4. The van der Waals surface area contributed by atoms with Gasteiger partial charge in [0.25, 0.3) is 5.91 Å². The summed E-state index contributed by atoms with van der Waals surface area (Å²) in [4.78, 5) is 11.9. The van der Waals surface area contributed by atoms with Crippen LogP contribution in [-0.4, -0.2) is 12.1 Å². The van der Waals surface area contributed by atoms with Gasteiger partial charge in [-0.3, -0.25) is 4.79 Å². The van der Waals surface area contributed by atoms with Crippen molar-refractivity contribution in [2.24, 2.45) is 5.10 Å². The minimum Gasteiger partial charge on any atom is -0.455 e. The van der Waals surface area contributed by atoms with Gasteiger partial charge in [-0.1, -0.05) is 35.3 Å². The lowest BCUT2D eigenvalue weighted by atomic mass is 10.1. The smallest absolute Gasteiger partial charge is 0.271 e. The molecule has 0 aliphatic carbocycles. The SMILES string of the molecule is Cc1ccc(-c2ccc(/C=N\NC(=O)c3ccc(Cl)cc3)o2)cc1Cl. The molecule has 25 heavy (non-hydrogen) atoms. The number of aryl methyl sites for hydroxylation is 1. The number of nitrogens with one attached hydrogen (secondary N) is 1. The van der Waals surface area contributed by atoms with Crippen LogP contribution in [0, 0.1) is 6.92 Å². The second-order valence-electron chi connectivity index (χ2n) is 5.37. The fourth-order valence-corrected chi connectivity index (χ4v) is 2.45. The molecule has 3 rings (SSSR count). The van der Waals surface area contributed by atoms with Crippen LogP contribution in [0.2, 0.25) is 10.0 Å². The van der Waals surface area contributed by atoms with Crippen LogP contribution in [0.3, 0.4) is 0 Å². The van der Waals surface area contributed by atoms with Crippen molar-refractivity contribution in [3.63, 3.8) is 0 Å². The normalized spacial score (nSPS) is 11.0. The molecular weight excluding hydrogens is 359 g/mol. The van der Waals surface area contributed by atoms with Gasteiger partial charge in [-0.15, -0.1) is 0 Å². The summed E-state index contributed by atoms with van der Waals surface area (Å²) in [7, 11) is 0. The van der Waals surface area contributed by atoms with Crippen molar-refractivity contribution >= 4 is 35.3 Å². The quantitative estimate of drug-likeness (QED) is 0.497. The molecule has 0 unspecified atom stereocenters. The minimum absolute atomic E-state index is 0.329. The largest absolute Gasteiger partial charge is 0.455 e. The van der Waals surface area contributed by atoms with E-state index in [-0.39, 0.29) is 5.91 Å². The van der Waals surface area contributed by atoms with Gasteiger partial charge in [0.2, 0.25) is 0 Å². The number of amides is 1. The standard InChI is InChI=1S/C19H14Cl2N2O2/c1-12-2-3-14(10-17(12)21)18-9-8-16(25-18)11-22-23-19(24)13-4-6-15(20)7-5-13/h2-11H,1H3,(H,23,24)/b22-11-. The van der Waals surface area contributed by atoms with E-state index in [0.29, 0.717) is 27.1 Å². The first-order valence-corrected chi connectivity index (χ1v) is 8.24. The Hall–Kier alpha value is -2.56. The van der Waals surface area contributed by atoms with Gasteiger partial charge in [0, 0.05) is 21.2 Å². The fourth-order valence-electron chi connectivity index (χ4n) is 2.14. The van der Waals surface area contributed by atoms with E-state index in [2.05, 4.69) is 10.5 Å². The van der Waals surface area contributed by atoms with E-state index in [0.717, 1.165) is 11.1 Å². The zero-order valence-electron chi connectivity index (χ0n) is 13.3. The summed E-state index contributed by atoms with van der Waals surface area (Å²) in [6.07, 6.45) is 1.44. The monoisotopic (exact) mass is 372 g/mol. The van der Waals surface area contributed by atoms with Crippen LogP contribution in [0.15, 0.2) is 64.1 Å². The van der Waals surface area contributed by atoms with Gasteiger partial charge in [0.1, 0.15) is 11.5 Å². The fraction of sp³-hybridized carbons (Fsp3) is 0.0526. The molecule has 1 heterocycles. The number of halogens is 2. The number of furan rings is 1. The Kier molecular flexibility index (Phi) is 5.22. The Morgan fingerprint density at radius 1 is 1.08 bits per heavy atom. The molecule has 126 valence electrons. The van der Waals surface area contributed by atoms with Crippen LogP contribution in [0.1, 0.15) is 21.7 Å². The molecule has 6 heteroatoms. The van der Waals surface area contributed by atoms with E-state index in [1.54, 1.807) is 30.3 Å². The highest BCUT2D eigenvalue weighted by atomic mass is 35.5. The third-order valence-electron chi connectivity index (χ3n) is 3.55. The van der Waals surface area contributed by atoms with Gasteiger partial charge in [0.15, 0.2) is 0 Å². The molecule has 0 saturated carbocycles. The van der Waals surface area contributed by atoms with Crippen molar-refractivity contribution in [2.75, 3.05) is 0 Å². The lowest BCUT2D eigenvalue weighted by molar-refractivity contribution is 0.0955. The van der Waals surface area contributed by atoms with Gasteiger partial charge in [-0.2, -0.15) is 5.10 Å². The van der Waals surface area contributed by atoms with Crippen molar-refractivity contribution in [2.45, 2.75) is 6.92 Å². The Balaban J connectivity index is 1.66. The molecule has 0 aliphatic rings. The predicted octanol–water partition coefficient (Wildman–Crippen LogP) is 5.33. The maximum atomic E-state index is 11.9. The second kappa shape index (κ2) is 7.55. The van der Waals surface area contributed by atoms with Gasteiger partial charge in [-0.05, 0) is 55.0 Å². The summed E-state index contributed by atoms with van der Waals surface area (Å²) in [5.41, 5.74) is 4.79. The first-order chi connectivity index (χ1) is 12.0. The summed E-state index contributed by atoms with van der Waals surface area (Å²) in [6.45, 7) is 1.94. The van der Waals surface area contributed by atoms with Crippen molar-refractivity contribution < 1.29 is 9.21 Å². The predicted molar refractivity (Wildman–Crippen MR) is 100 cm³/mol. The summed E-state index contributed by atoms with van der Waals surface area (Å²) < 4.78 is 5.69. The number of carbonyl (C=O) groups is 1. The third kappa shape index (κ3) is 4.29. The van der Waals surface area contributed by atoms with Crippen LogP contribution in [0.25, 0.3) is 11.3 Å². The maximum absolute atomic E-state index is 11.9. The number of benzene rings is 2. The Bertz CT molecular complexity index is 931. The van der Waals surface area contributed by atoms with Crippen molar-refractivity contribution in [3.05, 3.63) is 81.5 Å². The Labute approximate surface area is 155 Å². The first-order valence-electron chi connectivity index (χ1n) is 7.48. The number of hydrogen-bond acceptors (Lipinski definition) is 3. The highest BCUT2D eigenvalue weighted by Gasteiger charge is 2.06. The molecule has 0 saturated heterocycles. The second-order valence-corrected chi connectivity index (χ2v) is 6.22. The molecule has 2 aromatic carbocycles. The molecule has 0 bridgehead atoms. The van der Waals surface area contributed by atoms with Crippen molar-refractivity contribution in [1.29, 1.82) is 0 Å². The summed E-state index contributed by atoms with van der Waals surface area (Å²) in [6, 6.07) is 15.8. The van der Waals surface area contributed by atoms with Crippen LogP contribution in [-0.2, 0) is 0 Å². The zero-order chi connectivity index (χ0) is 17.8. The topological polar surface area (TPSA) is 54.6 Å². The number of hydrazone groups is 1. The van der Waals surface area contributed by atoms with E-state index in [1.165, 1.54) is 6.21 Å². The van der Waals surface area contributed by atoms with Crippen LogP contribution in [0.5, 0.6) is 0 Å². The Morgan fingerprint density at radius 2 is 1.84 bits per heavy atom. The lowest BCUT2D eigenvalue weighted by Gasteiger charge is -2.01. The molecule has 1 N–H and O–H groups in total. The molecular formula is C19H14Cl2N2O2. The van der Waals surface area contributed by atoms with Crippen LogP contribution < -0.4 is 5.43 Å². The highest BCUT2D eigenvalue weighted by Crippen LogP contribution is 2.26. The van der Waals surface area contributed by atoms with E-state index in [1.807, 2.05) is 31.2 Å². The van der Waals surface area contributed by atoms with Gasteiger partial charge >= 0.3 is 0 Å². The van der Waals surface area contributed by atoms with E-state index in [9.17, 15) is 4.79 Å². The molecule has 3 aromatic rings. The van der Waals surface area contributed by atoms with E-state index >= 15 is 0 Å². The maximum Gasteiger partial charge on any atom is 0.271 e. The summed E-state index contributed by atoms with van der Waals surface area (Å²) in [5, 5.41) is 5.15. The highest BCUT2D eigenvalue weighted by molar-refractivity contribution is 6.31. The molecule has 4 nitrogen and oxygen atoms in total. The molecule has 0 fully saturated rings. The molecule has 1 amide bonds. The molecule has 0 atom stereocenters. The number of nitrogens with zero attached hydrogens (tertiary/aromatic N) is 1. The van der Waals surface area contributed by atoms with Crippen LogP contribution in [0.4, 0.5) is 0 Å². The molecule has 0 aliphatic heterocycles. The summed E-state index contributed by atoms with van der Waals surface area (Å²) in [5.74, 6) is 0.862. The van der Waals surface area contributed by atoms with Crippen molar-refractivity contribution in [1.82, 2.24) is 5.43 Å². The van der Waals surface area contributed by atoms with Crippen molar-refractivity contribution in [3.8, 4) is 11.3 Å². The van der Waals surface area contributed by atoms with Gasteiger partial charge < -0.3 is 4.42 Å². The third-order valence-corrected chi connectivity index (χ3v) is 4.21. The van der Waals surface area contributed by atoms with E-state index < -0.39 is 0 Å². The minimum atomic E-state index is -0.329. The number of hydrogen-bond donors (Lipinski definition) is 1. The lowest BCUT2D eigenvalue weighted by Crippen LogP contribution is -2.17. The molecule has 0 spiro atoms. The number of carbonyl (C=O) groups excluding carboxylic acids is 1. The summed E-state index contributed by atoms with van der Waals surface area (Å²) >= 11 is 11.9. The average molecular weight is 373 g/mol. The zero-order valence-corrected chi connectivity index (χ0v) is 14.8. The first kappa shape index (κ1) is 17.3. The molecule has 1 aromatic heterocycles. The van der Waals surface area contributed by atoms with Gasteiger partial charge in [-0.25, -0.2) is 5.43 Å². The van der Waals surface area contributed by atoms with Gasteiger partial charge in [0.05, 0.1) is 6.21 Å². The van der Waals surface area contributed by atoms with E-state index in [4.69, 9.17) is 27.6 Å².